The van der Waals surface area contributed by atoms with Gasteiger partial charge in [0.15, 0.2) is 0 Å². The van der Waals surface area contributed by atoms with Gasteiger partial charge in [-0.25, -0.2) is 33.6 Å². The molecule has 0 aliphatic heterocycles. The molecule has 0 rings (SSSR count). The normalized spacial score (nSPS) is 13.7. The Morgan fingerprint density at radius 1 is 0.292 bits per heavy atom. The lowest BCUT2D eigenvalue weighted by atomic mass is 9.97. The van der Waals surface area contributed by atoms with Gasteiger partial charge in [-0.3, -0.25) is 53.0 Å². The van der Waals surface area contributed by atoms with E-state index in [-0.39, 0.29) is 96.8 Å². The third-order valence-corrected chi connectivity index (χ3v) is 15.0. The van der Waals surface area contributed by atoms with Gasteiger partial charge in [-0.2, -0.15) is 0 Å². The number of hydrogen-bond donors (Lipinski definition) is 10. The second-order valence-electron chi connectivity index (χ2n) is 38.2. The molecule has 0 aromatic rings. The summed E-state index contributed by atoms with van der Waals surface area (Å²) in [6, 6.07) is -7.36. The highest BCUT2D eigenvalue weighted by Crippen LogP contribution is 2.23. The third kappa shape index (κ3) is 63.9. The lowest BCUT2D eigenvalue weighted by Gasteiger charge is -2.27. The number of nitrogens with two attached hydrogens (primary N) is 1. The van der Waals surface area contributed by atoms with Crippen LogP contribution in [0.4, 0.5) is 9.59 Å². The molecule has 692 valence electrons. The molecule has 0 aromatic carbocycles. The summed E-state index contributed by atoms with van der Waals surface area (Å²) in [6.07, 6.45) is 1.68. The number of carboxylic acids is 2. The monoisotopic (exact) mass is 1720 g/mol. The predicted octanol–water partition coefficient (Wildman–Crippen LogP) is 7.43. The molecule has 0 saturated heterocycles. The molecule has 0 fully saturated rings. The third-order valence-electron chi connectivity index (χ3n) is 15.0. The number of urea groups is 2. The first kappa shape index (κ1) is 113. The standard InChI is InChI=1S/C59H103N7O20.C24H45N3O7/c1-54(2,3)81-47(74)27-25-38(49(76)83-56(7,8)9)33-42(67)62-39(50(77)84-57(10,11)12)23-19-21-29-60-43(68)34-65(36-45(70)71)31-32-66(37-46(72)73)35-44(69)61-30-22-20-24-40(51(78)85-58(13,14)15)63-53(80)64-41(52(79)86-59(16,17)18)26-28-48(75)82-55(4,5)6;1-22(2,3)32-18(28)14-13-17(20(30)34-24(7,8)9)27-21(31)26-16(12-10-11-15-25)19(29)33-23(4,5)6/h38-41H,19-37H2,1-18H3,(H,60,68)(H,61,69)(H,62,67)(H,70,71)(H,72,73)(H2,63,64,80);16-17H,10-15,25H2,1-9H3,(H2,26,27,31)/t38-,39+,40+,41+;16-,17-/m10/s1. The van der Waals surface area contributed by atoms with Crippen molar-refractivity contribution in [2.45, 2.75) is 370 Å². The molecule has 37 heteroatoms. The van der Waals surface area contributed by atoms with Crippen LogP contribution in [0.3, 0.4) is 0 Å². The number of unbranched alkanes of at least 4 members (excludes halogenated alkanes) is 3. The summed E-state index contributed by atoms with van der Waals surface area (Å²) in [5.74, 6) is -11.4. The van der Waals surface area contributed by atoms with Crippen LogP contribution in [0.1, 0.15) is 290 Å². The fourth-order valence-corrected chi connectivity index (χ4v) is 10.5. The Balaban J connectivity index is 0. The van der Waals surface area contributed by atoms with E-state index in [0.717, 1.165) is 0 Å². The Bertz CT molecular complexity index is 3160. The Kier molecular flexibility index (Phi) is 49.3. The van der Waals surface area contributed by atoms with E-state index >= 15 is 0 Å². The molecule has 0 aliphatic carbocycles. The molecule has 0 bridgehead atoms. The maximum Gasteiger partial charge on any atom is 0.329 e. The first-order chi connectivity index (χ1) is 54.4. The van der Waals surface area contributed by atoms with Crippen LogP contribution in [0.15, 0.2) is 0 Å². The molecule has 0 unspecified atom stereocenters. The minimum absolute atomic E-state index is 0.0263. The van der Waals surface area contributed by atoms with Gasteiger partial charge in [0.1, 0.15) is 80.6 Å². The molecule has 37 nitrogen and oxygen atoms in total. The van der Waals surface area contributed by atoms with Crippen molar-refractivity contribution in [1.29, 1.82) is 0 Å². The molecule has 0 radical (unpaired) electrons. The van der Waals surface area contributed by atoms with Gasteiger partial charge in [0.05, 0.1) is 32.1 Å². The zero-order chi connectivity index (χ0) is 93.3. The van der Waals surface area contributed by atoms with Crippen LogP contribution in [-0.2, 0) is 110 Å². The number of ether oxygens (including phenoxy) is 9. The maximum atomic E-state index is 13.5. The highest BCUT2D eigenvalue weighted by Gasteiger charge is 2.37. The molecule has 0 aliphatic rings. The van der Waals surface area contributed by atoms with Crippen molar-refractivity contribution in [1.82, 2.24) is 47.0 Å². The van der Waals surface area contributed by atoms with E-state index < -0.39 is 215 Å². The lowest BCUT2D eigenvalue weighted by molar-refractivity contribution is -0.164. The van der Waals surface area contributed by atoms with Gasteiger partial charge < -0.3 is 95.8 Å². The molecule has 6 atom stereocenters. The van der Waals surface area contributed by atoms with Crippen LogP contribution in [-0.4, -0.2) is 255 Å². The minimum Gasteiger partial charge on any atom is -0.480 e. The Morgan fingerprint density at radius 3 is 0.792 bits per heavy atom. The number of hydrogen-bond acceptors (Lipinski definition) is 28. The van der Waals surface area contributed by atoms with Crippen LogP contribution in [0.25, 0.3) is 0 Å². The Labute approximate surface area is 710 Å². The number of aliphatic carboxylic acids is 2. The smallest absolute Gasteiger partial charge is 0.329 e. The summed E-state index contributed by atoms with van der Waals surface area (Å²) in [4.78, 5) is 207. The fraction of sp³-hybridized carbons (Fsp3) is 0.807. The number of nitrogens with zero attached hydrogens (tertiary/aromatic N) is 2. The highest BCUT2D eigenvalue weighted by molar-refractivity contribution is 5.90. The largest absolute Gasteiger partial charge is 0.480 e. The summed E-state index contributed by atoms with van der Waals surface area (Å²) in [6.45, 7) is 43.7. The number of carbonyl (C=O) groups is 16. The molecule has 0 saturated carbocycles. The van der Waals surface area contributed by atoms with Crippen LogP contribution in [0.2, 0.25) is 0 Å². The average Bonchev–Trinajstić information content (AvgIpc) is 0.864. The molecule has 0 aromatic heterocycles. The van der Waals surface area contributed by atoms with Crippen molar-refractivity contribution in [2.24, 2.45) is 11.7 Å². The zero-order valence-electron chi connectivity index (χ0n) is 76.7. The molecule has 11 N–H and O–H groups in total. The summed E-state index contributed by atoms with van der Waals surface area (Å²) >= 11 is 0. The van der Waals surface area contributed by atoms with Crippen LogP contribution in [0.5, 0.6) is 0 Å². The van der Waals surface area contributed by atoms with Crippen molar-refractivity contribution in [3.05, 3.63) is 0 Å². The molecule has 7 amide bonds. The molecule has 120 heavy (non-hydrogen) atoms. The highest BCUT2D eigenvalue weighted by atomic mass is 16.6. The van der Waals surface area contributed by atoms with Crippen molar-refractivity contribution in [3.63, 3.8) is 0 Å². The van der Waals surface area contributed by atoms with E-state index in [1.165, 1.54) is 9.80 Å². The molecule has 0 heterocycles. The van der Waals surface area contributed by atoms with Gasteiger partial charge >= 0.3 is 77.7 Å². The van der Waals surface area contributed by atoms with E-state index in [4.69, 9.17) is 48.4 Å². The zero-order valence-corrected chi connectivity index (χ0v) is 76.7. The van der Waals surface area contributed by atoms with Gasteiger partial charge in [0.25, 0.3) is 0 Å². The quantitative estimate of drug-likeness (QED) is 0.0161. The van der Waals surface area contributed by atoms with Crippen LogP contribution in [0, 0.1) is 5.92 Å². The van der Waals surface area contributed by atoms with Crippen LogP contribution < -0.4 is 43.0 Å². The van der Waals surface area contributed by atoms with E-state index in [1.807, 2.05) is 0 Å². The van der Waals surface area contributed by atoms with Crippen molar-refractivity contribution in [3.8, 4) is 0 Å². The summed E-state index contributed by atoms with van der Waals surface area (Å²) < 4.78 is 48.9. The second-order valence-corrected chi connectivity index (χ2v) is 38.2. The van der Waals surface area contributed by atoms with Crippen molar-refractivity contribution < 1.29 is 130 Å². The van der Waals surface area contributed by atoms with Gasteiger partial charge in [-0.05, 0) is 271 Å². The average molecular weight is 1720 g/mol. The molecule has 0 spiro atoms. The van der Waals surface area contributed by atoms with E-state index in [2.05, 4.69) is 37.2 Å². The van der Waals surface area contributed by atoms with Crippen LogP contribution >= 0.6 is 0 Å². The summed E-state index contributed by atoms with van der Waals surface area (Å²) in [5, 5.41) is 37.5. The number of amides is 7. The van der Waals surface area contributed by atoms with E-state index in [9.17, 15) is 86.9 Å². The van der Waals surface area contributed by atoms with Gasteiger partial charge in [-0.1, -0.05) is 0 Å². The summed E-state index contributed by atoms with van der Waals surface area (Å²) in [5.41, 5.74) is -1.90. The van der Waals surface area contributed by atoms with Crippen molar-refractivity contribution >= 4 is 95.4 Å². The number of carbonyl (C=O) groups excluding carboxylic acids is 14. The van der Waals surface area contributed by atoms with Gasteiger partial charge in [0, 0.05) is 51.9 Å². The topological polar surface area (TPSA) is 513 Å². The minimum atomic E-state index is -1.29. The maximum absolute atomic E-state index is 13.5. The number of rotatable bonds is 47. The number of esters is 9. The predicted molar refractivity (Wildman–Crippen MR) is 444 cm³/mol. The summed E-state index contributed by atoms with van der Waals surface area (Å²) in [7, 11) is 0. The number of carboxylic acid groups (broad SMARTS) is 2. The SMILES string of the molecule is CC(C)(C)OC(=O)CC[C@H](CC(=O)N[C@@H](CCCCNC(=O)CN(CCN(CC(=O)O)CC(=O)NCCCC[C@H](NC(=O)N[C@@H](CCC(=O)OC(C)(C)C)C(=O)OC(C)(C)C)C(=O)OC(C)(C)C)CC(=O)O)C(=O)OC(C)(C)C)C(=O)OC(C)(C)C.CC(C)(C)OC(=O)CC[C@H](NC(=O)N[C@@H](CCCCN)C(=O)OC(C)(C)C)C(=O)OC(C)(C)C. The van der Waals surface area contributed by atoms with Gasteiger partial charge in [0.2, 0.25) is 17.7 Å². The van der Waals surface area contributed by atoms with E-state index in [1.54, 1.807) is 187 Å². The molecular weight excluding hydrogens is 1570 g/mol. The molecular formula is C83H148N10O27. The van der Waals surface area contributed by atoms with E-state index in [0.29, 0.717) is 32.2 Å². The number of nitrogens with one attached hydrogen (secondary N) is 7. The lowest BCUT2D eigenvalue weighted by Crippen LogP contribution is -2.53. The first-order valence-corrected chi connectivity index (χ1v) is 41.0. The fourth-order valence-electron chi connectivity index (χ4n) is 10.5. The van der Waals surface area contributed by atoms with Crippen molar-refractivity contribution in [2.75, 3.05) is 58.9 Å². The Morgan fingerprint density at radius 2 is 0.533 bits per heavy atom. The van der Waals surface area contributed by atoms with Gasteiger partial charge in [-0.15, -0.1) is 0 Å². The first-order valence-electron chi connectivity index (χ1n) is 41.0. The second kappa shape index (κ2) is 52.4. The Hall–Kier alpha value is -9.00.